The van der Waals surface area contributed by atoms with Gasteiger partial charge in [-0.2, -0.15) is 0 Å². The fourth-order valence-electron chi connectivity index (χ4n) is 3.54. The summed E-state index contributed by atoms with van der Waals surface area (Å²) in [5.74, 6) is 1.86. The van der Waals surface area contributed by atoms with E-state index in [4.69, 9.17) is 9.47 Å². The Hall–Kier alpha value is -2.64. The summed E-state index contributed by atoms with van der Waals surface area (Å²) < 4.78 is 10.8. The number of benzene rings is 1. The molecular weight excluding hydrogens is 356 g/mol. The first-order chi connectivity index (χ1) is 13.8. The minimum absolute atomic E-state index is 0.224. The molecule has 2 aliphatic heterocycles. The van der Waals surface area contributed by atoms with Crippen LogP contribution in [0.15, 0.2) is 42.7 Å². The molecule has 2 aromatic rings. The third-order valence-electron chi connectivity index (χ3n) is 5.14. The predicted molar refractivity (Wildman–Crippen MR) is 105 cm³/mol. The van der Waals surface area contributed by atoms with Gasteiger partial charge in [-0.25, -0.2) is 0 Å². The molecule has 7 heteroatoms. The molecular formula is C21H26N4O3. The van der Waals surface area contributed by atoms with E-state index in [1.807, 2.05) is 35.4 Å². The molecule has 0 unspecified atom stereocenters. The van der Waals surface area contributed by atoms with Gasteiger partial charge >= 0.3 is 0 Å². The second-order valence-corrected chi connectivity index (χ2v) is 7.13. The second-order valence-electron chi connectivity index (χ2n) is 7.13. The first-order valence-electron chi connectivity index (χ1n) is 9.76. The zero-order valence-corrected chi connectivity index (χ0v) is 16.0. The van der Waals surface area contributed by atoms with Gasteiger partial charge in [0, 0.05) is 64.6 Å². The Morgan fingerprint density at radius 3 is 2.75 bits per heavy atom. The van der Waals surface area contributed by atoms with Crippen molar-refractivity contribution in [2.24, 2.45) is 0 Å². The van der Waals surface area contributed by atoms with Crippen molar-refractivity contribution in [3.05, 3.63) is 53.9 Å². The molecule has 0 saturated carbocycles. The van der Waals surface area contributed by atoms with Gasteiger partial charge in [-0.05, 0) is 29.3 Å². The highest BCUT2D eigenvalue weighted by atomic mass is 16.7. The van der Waals surface area contributed by atoms with E-state index in [1.54, 1.807) is 6.20 Å². The maximum absolute atomic E-state index is 12.4. The van der Waals surface area contributed by atoms with Gasteiger partial charge in [0.2, 0.25) is 12.7 Å². The Labute approximate surface area is 165 Å². The molecule has 148 valence electrons. The number of nitrogens with one attached hydrogen (secondary N) is 1. The van der Waals surface area contributed by atoms with E-state index in [1.165, 1.54) is 5.56 Å². The molecule has 3 heterocycles. The summed E-state index contributed by atoms with van der Waals surface area (Å²) in [5, 5.41) is 3.31. The molecule has 1 aromatic heterocycles. The van der Waals surface area contributed by atoms with Crippen molar-refractivity contribution >= 4 is 5.91 Å². The number of fused-ring (bicyclic) bond motifs is 1. The van der Waals surface area contributed by atoms with Gasteiger partial charge in [-0.1, -0.05) is 12.1 Å². The molecule has 1 aromatic carbocycles. The zero-order valence-electron chi connectivity index (χ0n) is 16.0. The number of nitrogens with zero attached hydrogens (tertiary/aromatic N) is 3. The van der Waals surface area contributed by atoms with Gasteiger partial charge in [-0.15, -0.1) is 0 Å². The smallest absolute Gasteiger partial charge is 0.231 e. The Morgan fingerprint density at radius 2 is 1.93 bits per heavy atom. The van der Waals surface area contributed by atoms with Crippen LogP contribution in [0.2, 0.25) is 0 Å². The van der Waals surface area contributed by atoms with Crippen LogP contribution in [0.5, 0.6) is 11.5 Å². The maximum atomic E-state index is 12.4. The van der Waals surface area contributed by atoms with Gasteiger partial charge in [0.25, 0.3) is 0 Å². The molecule has 0 spiro atoms. The summed E-state index contributed by atoms with van der Waals surface area (Å²) >= 11 is 0. The molecule has 0 radical (unpaired) electrons. The van der Waals surface area contributed by atoms with E-state index < -0.39 is 0 Å². The number of pyridine rings is 1. The van der Waals surface area contributed by atoms with Crippen molar-refractivity contribution in [3.8, 4) is 11.5 Å². The lowest BCUT2D eigenvalue weighted by atomic mass is 10.1. The summed E-state index contributed by atoms with van der Waals surface area (Å²) in [7, 11) is 0. The first kappa shape index (κ1) is 18.7. The Bertz CT molecular complexity index is 791. The van der Waals surface area contributed by atoms with Crippen molar-refractivity contribution in [1.82, 2.24) is 20.1 Å². The molecule has 1 saturated heterocycles. The van der Waals surface area contributed by atoms with Crippen molar-refractivity contribution in [2.45, 2.75) is 19.5 Å². The molecule has 0 bridgehead atoms. The second kappa shape index (κ2) is 9.03. The zero-order chi connectivity index (χ0) is 19.2. The van der Waals surface area contributed by atoms with Gasteiger partial charge < -0.3 is 19.7 Å². The number of rotatable bonds is 7. The minimum atomic E-state index is 0.224. The molecule has 0 aliphatic carbocycles. The summed E-state index contributed by atoms with van der Waals surface area (Å²) in [5.41, 5.74) is 2.34. The number of hydrogen-bond acceptors (Lipinski definition) is 6. The fourth-order valence-corrected chi connectivity index (χ4v) is 3.54. The van der Waals surface area contributed by atoms with Crippen LogP contribution in [0.25, 0.3) is 0 Å². The number of amides is 1. The molecule has 4 rings (SSSR count). The number of carbonyl (C=O) groups excluding carboxylic acids is 1. The third kappa shape index (κ3) is 4.79. The van der Waals surface area contributed by atoms with Gasteiger partial charge in [0.1, 0.15) is 0 Å². The highest BCUT2D eigenvalue weighted by Crippen LogP contribution is 2.32. The SMILES string of the molecule is O=C(CCNCc1cccnc1)N1CCN(Cc2ccc3c(c2)OCO3)CC1. The van der Waals surface area contributed by atoms with Gasteiger partial charge in [0.15, 0.2) is 11.5 Å². The monoisotopic (exact) mass is 382 g/mol. The quantitative estimate of drug-likeness (QED) is 0.735. The van der Waals surface area contributed by atoms with Crippen LogP contribution in [0.4, 0.5) is 0 Å². The third-order valence-corrected chi connectivity index (χ3v) is 5.14. The average molecular weight is 382 g/mol. The molecule has 1 amide bonds. The lowest BCUT2D eigenvalue weighted by Gasteiger charge is -2.34. The first-order valence-corrected chi connectivity index (χ1v) is 9.76. The Kier molecular flexibility index (Phi) is 6.04. The molecule has 7 nitrogen and oxygen atoms in total. The average Bonchev–Trinajstić information content (AvgIpc) is 3.20. The fraction of sp³-hybridized carbons (Fsp3) is 0.429. The van der Waals surface area contributed by atoms with Crippen molar-refractivity contribution in [2.75, 3.05) is 39.5 Å². The minimum Gasteiger partial charge on any atom is -0.454 e. The van der Waals surface area contributed by atoms with Crippen LogP contribution in [0.3, 0.4) is 0 Å². The Balaban J connectivity index is 1.16. The molecule has 2 aliphatic rings. The van der Waals surface area contributed by atoms with Crippen molar-refractivity contribution in [3.63, 3.8) is 0 Å². The highest BCUT2D eigenvalue weighted by molar-refractivity contribution is 5.76. The van der Waals surface area contributed by atoms with E-state index in [0.29, 0.717) is 19.8 Å². The molecule has 1 N–H and O–H groups in total. The van der Waals surface area contributed by atoms with Gasteiger partial charge in [0.05, 0.1) is 0 Å². The van der Waals surface area contributed by atoms with Crippen LogP contribution < -0.4 is 14.8 Å². The van der Waals surface area contributed by atoms with Crippen LogP contribution in [-0.4, -0.2) is 60.2 Å². The predicted octanol–water partition coefficient (Wildman–Crippen LogP) is 1.63. The highest BCUT2D eigenvalue weighted by Gasteiger charge is 2.21. The number of ether oxygens (including phenoxy) is 2. The summed E-state index contributed by atoms with van der Waals surface area (Å²) in [4.78, 5) is 20.9. The van der Waals surface area contributed by atoms with E-state index in [0.717, 1.165) is 56.3 Å². The lowest BCUT2D eigenvalue weighted by Crippen LogP contribution is -2.48. The summed E-state index contributed by atoms with van der Waals surface area (Å²) in [6.07, 6.45) is 4.13. The Morgan fingerprint density at radius 1 is 1.07 bits per heavy atom. The standard InChI is InChI=1S/C21H26N4O3/c26-21(5-7-23-14-18-2-1-6-22-13-18)25-10-8-24(9-11-25)15-17-3-4-19-20(12-17)28-16-27-19/h1-4,6,12-13,23H,5,7-11,14-16H2. The number of carbonyl (C=O) groups is 1. The number of hydrogen-bond donors (Lipinski definition) is 1. The van der Waals surface area contributed by atoms with Crippen molar-refractivity contribution < 1.29 is 14.3 Å². The van der Waals surface area contributed by atoms with Crippen molar-refractivity contribution in [1.29, 1.82) is 0 Å². The van der Waals surface area contributed by atoms with E-state index >= 15 is 0 Å². The van der Waals surface area contributed by atoms with E-state index in [-0.39, 0.29) is 5.91 Å². The number of aromatic nitrogens is 1. The molecule has 1 fully saturated rings. The van der Waals surface area contributed by atoms with Gasteiger partial charge in [-0.3, -0.25) is 14.7 Å². The van der Waals surface area contributed by atoms with Crippen LogP contribution >= 0.6 is 0 Å². The molecule has 28 heavy (non-hydrogen) atoms. The summed E-state index contributed by atoms with van der Waals surface area (Å²) in [6, 6.07) is 10.1. The van der Waals surface area contributed by atoms with E-state index in [2.05, 4.69) is 21.3 Å². The lowest BCUT2D eigenvalue weighted by molar-refractivity contribution is -0.132. The largest absolute Gasteiger partial charge is 0.454 e. The topological polar surface area (TPSA) is 66.9 Å². The molecule has 0 atom stereocenters. The number of piperazine rings is 1. The van der Waals surface area contributed by atoms with Crippen LogP contribution in [-0.2, 0) is 17.9 Å². The van der Waals surface area contributed by atoms with Crippen LogP contribution in [0.1, 0.15) is 17.5 Å². The van der Waals surface area contributed by atoms with Crippen LogP contribution in [0, 0.1) is 0 Å². The van der Waals surface area contributed by atoms with E-state index in [9.17, 15) is 4.79 Å². The normalized spacial score (nSPS) is 16.4. The summed E-state index contributed by atoms with van der Waals surface area (Å²) in [6.45, 7) is 5.95. The maximum Gasteiger partial charge on any atom is 0.231 e.